The molecular formula is C17H19NO2. The molecule has 2 rings (SSSR count). The normalized spacial score (nSPS) is 10.3. The average Bonchev–Trinajstić information content (AvgIpc) is 2.39. The zero-order valence-electron chi connectivity index (χ0n) is 12.0. The highest BCUT2D eigenvalue weighted by molar-refractivity contribution is 5.93. The van der Waals surface area contributed by atoms with Crippen molar-refractivity contribution in [1.82, 2.24) is 0 Å². The fourth-order valence-electron chi connectivity index (χ4n) is 2.11. The molecule has 0 fully saturated rings. The summed E-state index contributed by atoms with van der Waals surface area (Å²) in [5, 5.41) is 12.5. The number of phenolic OH excluding ortho intramolecular Hbond substituents is 1. The SMILES string of the molecule is Cc1cc(NC(=O)Cc2ccccc2C)c(C)cc1O. The summed E-state index contributed by atoms with van der Waals surface area (Å²) in [6.07, 6.45) is 0.353. The lowest BCUT2D eigenvalue weighted by Gasteiger charge is -2.11. The van der Waals surface area contributed by atoms with Crippen molar-refractivity contribution in [2.24, 2.45) is 0 Å². The molecule has 1 amide bonds. The van der Waals surface area contributed by atoms with Crippen molar-refractivity contribution in [3.8, 4) is 5.75 Å². The monoisotopic (exact) mass is 269 g/mol. The van der Waals surface area contributed by atoms with E-state index < -0.39 is 0 Å². The van der Waals surface area contributed by atoms with Crippen LogP contribution in [0.2, 0.25) is 0 Å². The predicted octanol–water partition coefficient (Wildman–Crippen LogP) is 3.50. The van der Waals surface area contributed by atoms with Gasteiger partial charge in [0.2, 0.25) is 5.91 Å². The third-order valence-corrected chi connectivity index (χ3v) is 3.43. The molecule has 0 bridgehead atoms. The molecule has 2 aromatic rings. The summed E-state index contributed by atoms with van der Waals surface area (Å²) in [5.74, 6) is 0.201. The van der Waals surface area contributed by atoms with Crippen LogP contribution in [-0.4, -0.2) is 11.0 Å². The van der Waals surface area contributed by atoms with Crippen LogP contribution in [-0.2, 0) is 11.2 Å². The number of carbonyl (C=O) groups excluding carboxylic acids is 1. The minimum Gasteiger partial charge on any atom is -0.508 e. The molecule has 20 heavy (non-hydrogen) atoms. The van der Waals surface area contributed by atoms with E-state index in [4.69, 9.17) is 0 Å². The Morgan fingerprint density at radius 1 is 1.05 bits per heavy atom. The lowest BCUT2D eigenvalue weighted by Crippen LogP contribution is -2.15. The maximum absolute atomic E-state index is 12.1. The Morgan fingerprint density at radius 3 is 2.45 bits per heavy atom. The molecular weight excluding hydrogens is 250 g/mol. The molecule has 0 atom stereocenters. The van der Waals surface area contributed by atoms with E-state index in [1.165, 1.54) is 0 Å². The van der Waals surface area contributed by atoms with Gasteiger partial charge in [-0.1, -0.05) is 24.3 Å². The first-order valence-corrected chi connectivity index (χ1v) is 6.62. The van der Waals surface area contributed by atoms with E-state index in [-0.39, 0.29) is 11.7 Å². The summed E-state index contributed by atoms with van der Waals surface area (Å²) < 4.78 is 0. The maximum atomic E-state index is 12.1. The molecule has 2 N–H and O–H groups in total. The summed E-state index contributed by atoms with van der Waals surface area (Å²) in [6, 6.07) is 11.3. The van der Waals surface area contributed by atoms with E-state index in [2.05, 4.69) is 5.32 Å². The Balaban J connectivity index is 2.13. The number of phenols is 1. The summed E-state index contributed by atoms with van der Waals surface area (Å²) in [7, 11) is 0. The fourth-order valence-corrected chi connectivity index (χ4v) is 2.11. The van der Waals surface area contributed by atoms with Crippen LogP contribution in [0.15, 0.2) is 36.4 Å². The Kier molecular flexibility index (Phi) is 4.08. The van der Waals surface area contributed by atoms with Crippen molar-refractivity contribution in [3.05, 3.63) is 58.7 Å². The molecule has 0 saturated carbocycles. The molecule has 0 heterocycles. The van der Waals surface area contributed by atoms with E-state index in [1.54, 1.807) is 12.1 Å². The van der Waals surface area contributed by atoms with Gasteiger partial charge in [-0.15, -0.1) is 0 Å². The van der Waals surface area contributed by atoms with Crippen molar-refractivity contribution in [2.75, 3.05) is 5.32 Å². The van der Waals surface area contributed by atoms with Crippen LogP contribution in [0.5, 0.6) is 5.75 Å². The van der Waals surface area contributed by atoms with E-state index in [9.17, 15) is 9.90 Å². The van der Waals surface area contributed by atoms with Crippen LogP contribution in [0.4, 0.5) is 5.69 Å². The van der Waals surface area contributed by atoms with Crippen molar-refractivity contribution in [2.45, 2.75) is 27.2 Å². The van der Waals surface area contributed by atoms with Gasteiger partial charge in [-0.2, -0.15) is 0 Å². The highest BCUT2D eigenvalue weighted by Gasteiger charge is 2.09. The maximum Gasteiger partial charge on any atom is 0.228 e. The lowest BCUT2D eigenvalue weighted by molar-refractivity contribution is -0.115. The number of carbonyl (C=O) groups is 1. The third kappa shape index (κ3) is 3.18. The van der Waals surface area contributed by atoms with Crippen LogP contribution in [0.1, 0.15) is 22.3 Å². The number of hydrogen-bond acceptors (Lipinski definition) is 2. The second-order valence-corrected chi connectivity index (χ2v) is 5.11. The zero-order valence-corrected chi connectivity index (χ0v) is 12.0. The topological polar surface area (TPSA) is 49.3 Å². The van der Waals surface area contributed by atoms with Gasteiger partial charge in [0.25, 0.3) is 0 Å². The van der Waals surface area contributed by atoms with E-state index in [1.807, 2.05) is 45.0 Å². The molecule has 0 aliphatic heterocycles. The predicted molar refractivity (Wildman–Crippen MR) is 81.1 cm³/mol. The van der Waals surface area contributed by atoms with Gasteiger partial charge in [0, 0.05) is 5.69 Å². The van der Waals surface area contributed by atoms with Gasteiger partial charge in [-0.3, -0.25) is 4.79 Å². The van der Waals surface area contributed by atoms with Gasteiger partial charge in [-0.25, -0.2) is 0 Å². The Labute approximate surface area is 119 Å². The van der Waals surface area contributed by atoms with E-state index in [0.717, 1.165) is 27.9 Å². The third-order valence-electron chi connectivity index (χ3n) is 3.43. The molecule has 0 aromatic heterocycles. The molecule has 3 nitrogen and oxygen atoms in total. The quantitative estimate of drug-likeness (QED) is 0.838. The first-order valence-electron chi connectivity index (χ1n) is 6.62. The van der Waals surface area contributed by atoms with Crippen molar-refractivity contribution >= 4 is 11.6 Å². The number of benzene rings is 2. The van der Waals surface area contributed by atoms with Crippen molar-refractivity contribution in [1.29, 1.82) is 0 Å². The molecule has 0 aliphatic carbocycles. The minimum atomic E-state index is -0.0486. The number of hydrogen-bond donors (Lipinski definition) is 2. The average molecular weight is 269 g/mol. The molecule has 0 unspecified atom stereocenters. The number of aromatic hydroxyl groups is 1. The zero-order chi connectivity index (χ0) is 14.7. The highest BCUT2D eigenvalue weighted by Crippen LogP contribution is 2.25. The van der Waals surface area contributed by atoms with Gasteiger partial charge < -0.3 is 10.4 Å². The van der Waals surface area contributed by atoms with Crippen molar-refractivity contribution < 1.29 is 9.90 Å². The second-order valence-electron chi connectivity index (χ2n) is 5.11. The molecule has 2 aromatic carbocycles. The Bertz CT molecular complexity index is 647. The first-order chi connectivity index (χ1) is 9.47. The van der Waals surface area contributed by atoms with E-state index in [0.29, 0.717) is 6.42 Å². The molecule has 0 spiro atoms. The molecule has 0 aliphatic rings. The van der Waals surface area contributed by atoms with Gasteiger partial charge in [-0.05, 0) is 55.2 Å². The van der Waals surface area contributed by atoms with Gasteiger partial charge in [0.1, 0.15) is 5.75 Å². The lowest BCUT2D eigenvalue weighted by atomic mass is 10.1. The second kappa shape index (κ2) is 5.78. The van der Waals surface area contributed by atoms with Crippen LogP contribution in [0.3, 0.4) is 0 Å². The smallest absolute Gasteiger partial charge is 0.228 e. The van der Waals surface area contributed by atoms with Gasteiger partial charge in [0.05, 0.1) is 6.42 Å². The number of nitrogens with one attached hydrogen (secondary N) is 1. The number of aryl methyl sites for hydroxylation is 3. The van der Waals surface area contributed by atoms with Crippen LogP contribution in [0, 0.1) is 20.8 Å². The number of amides is 1. The summed E-state index contributed by atoms with van der Waals surface area (Å²) in [6.45, 7) is 5.67. The summed E-state index contributed by atoms with van der Waals surface area (Å²) in [4.78, 5) is 12.1. The summed E-state index contributed by atoms with van der Waals surface area (Å²) in [5.41, 5.74) is 4.49. The minimum absolute atomic E-state index is 0.0486. The standard InChI is InChI=1S/C17H19NO2/c1-11-6-4-5-7-14(11)10-17(20)18-15-8-13(3)16(19)9-12(15)2/h4-9,19H,10H2,1-3H3,(H,18,20). The first kappa shape index (κ1) is 14.1. The van der Waals surface area contributed by atoms with Crippen LogP contribution < -0.4 is 5.32 Å². The van der Waals surface area contributed by atoms with Crippen LogP contribution in [0.25, 0.3) is 0 Å². The van der Waals surface area contributed by atoms with Gasteiger partial charge in [0.15, 0.2) is 0 Å². The molecule has 104 valence electrons. The van der Waals surface area contributed by atoms with E-state index >= 15 is 0 Å². The van der Waals surface area contributed by atoms with Gasteiger partial charge >= 0.3 is 0 Å². The fraction of sp³-hybridized carbons (Fsp3) is 0.235. The number of anilines is 1. The number of rotatable bonds is 3. The Hall–Kier alpha value is -2.29. The molecule has 3 heteroatoms. The molecule has 0 saturated heterocycles. The molecule has 0 radical (unpaired) electrons. The largest absolute Gasteiger partial charge is 0.508 e. The van der Waals surface area contributed by atoms with Crippen molar-refractivity contribution in [3.63, 3.8) is 0 Å². The summed E-state index contributed by atoms with van der Waals surface area (Å²) >= 11 is 0. The van der Waals surface area contributed by atoms with Crippen LogP contribution >= 0.6 is 0 Å². The Morgan fingerprint density at radius 2 is 1.75 bits per heavy atom. The highest BCUT2D eigenvalue weighted by atomic mass is 16.3.